The van der Waals surface area contributed by atoms with E-state index in [2.05, 4.69) is 30.1 Å². The third-order valence-electron chi connectivity index (χ3n) is 5.58. The van der Waals surface area contributed by atoms with Gasteiger partial charge in [-0.2, -0.15) is 0 Å². The number of nitrogens with zero attached hydrogens (tertiary/aromatic N) is 4. The zero-order valence-corrected chi connectivity index (χ0v) is 17.9. The zero-order valence-electron chi connectivity index (χ0n) is 17.9. The highest BCUT2D eigenvalue weighted by Crippen LogP contribution is 2.21. The van der Waals surface area contributed by atoms with Gasteiger partial charge in [0.05, 0.1) is 23.9 Å². The number of pyridine rings is 1. The number of amides is 1. The molecule has 4 rings (SSSR count). The van der Waals surface area contributed by atoms with E-state index in [9.17, 15) is 22.8 Å². The van der Waals surface area contributed by atoms with Gasteiger partial charge < -0.3 is 15.2 Å². The van der Waals surface area contributed by atoms with Gasteiger partial charge in [-0.3, -0.25) is 14.5 Å². The molecule has 3 aromatic rings. The summed E-state index contributed by atoms with van der Waals surface area (Å²) in [6, 6.07) is 6.63. The smallest absolute Gasteiger partial charge is 0.270 e. The molecule has 2 aromatic heterocycles. The number of H-pyrrole nitrogens is 1. The van der Waals surface area contributed by atoms with Crippen molar-refractivity contribution in [3.05, 3.63) is 63.6 Å². The molecule has 0 aliphatic carbocycles. The number of fused-ring (bicyclic) bond motifs is 1. The number of nitrogens with one attached hydrogen (secondary N) is 2. The van der Waals surface area contributed by atoms with Crippen LogP contribution in [0.4, 0.5) is 18.9 Å². The molecule has 174 valence electrons. The van der Waals surface area contributed by atoms with E-state index >= 15 is 0 Å². The van der Waals surface area contributed by atoms with E-state index in [4.69, 9.17) is 0 Å². The van der Waals surface area contributed by atoms with E-state index in [1.54, 1.807) is 31.3 Å². The molecular formula is C22H23F3N6O2. The standard InChI is InChI=1S/C22H23F3N6O2/c1-13-21(32)29-20-16(28-13)4-2-14(19(20)25)12-30-6-8-31(9-7-30)15-3-5-17(26-10-15)22(33)27-11-18(23)24/h2-5,10,18H,6-9,11-12H2,1H3,(H,27,33)(H,29,32). The number of rotatable bonds is 6. The van der Waals surface area contributed by atoms with Crippen molar-refractivity contribution in [2.45, 2.75) is 19.9 Å². The Balaban J connectivity index is 1.36. The van der Waals surface area contributed by atoms with Crippen molar-refractivity contribution < 1.29 is 18.0 Å². The fourth-order valence-corrected chi connectivity index (χ4v) is 3.75. The van der Waals surface area contributed by atoms with Crippen LogP contribution in [0.2, 0.25) is 0 Å². The third-order valence-corrected chi connectivity index (χ3v) is 5.58. The van der Waals surface area contributed by atoms with Crippen LogP contribution in [0.1, 0.15) is 21.7 Å². The quantitative estimate of drug-likeness (QED) is 0.585. The van der Waals surface area contributed by atoms with Gasteiger partial charge in [0.15, 0.2) is 5.82 Å². The molecule has 8 nitrogen and oxygen atoms in total. The molecule has 0 spiro atoms. The molecule has 0 unspecified atom stereocenters. The van der Waals surface area contributed by atoms with Gasteiger partial charge in [-0.1, -0.05) is 6.07 Å². The van der Waals surface area contributed by atoms with Gasteiger partial charge >= 0.3 is 0 Å². The Bertz CT molecular complexity index is 1210. The van der Waals surface area contributed by atoms with Crippen molar-refractivity contribution in [1.29, 1.82) is 0 Å². The van der Waals surface area contributed by atoms with Crippen molar-refractivity contribution >= 4 is 22.6 Å². The summed E-state index contributed by atoms with van der Waals surface area (Å²) in [4.78, 5) is 38.6. The van der Waals surface area contributed by atoms with Crippen LogP contribution in [0.5, 0.6) is 0 Å². The SMILES string of the molecule is Cc1nc2ccc(CN3CCN(c4ccc(C(=O)NCC(F)F)nc4)CC3)c(F)c2[nH]c1=O. The Hall–Kier alpha value is -3.47. The van der Waals surface area contributed by atoms with Crippen molar-refractivity contribution in [2.75, 3.05) is 37.6 Å². The highest BCUT2D eigenvalue weighted by Gasteiger charge is 2.20. The van der Waals surface area contributed by atoms with Gasteiger partial charge in [0.2, 0.25) is 0 Å². The van der Waals surface area contributed by atoms with E-state index in [0.717, 1.165) is 5.69 Å². The van der Waals surface area contributed by atoms with Crippen molar-refractivity contribution in [3.8, 4) is 0 Å². The fraction of sp³-hybridized carbons (Fsp3) is 0.364. The molecule has 1 amide bonds. The molecule has 11 heteroatoms. The van der Waals surface area contributed by atoms with E-state index in [1.165, 1.54) is 6.07 Å². The molecule has 2 N–H and O–H groups in total. The molecular weight excluding hydrogens is 437 g/mol. The summed E-state index contributed by atoms with van der Waals surface area (Å²) in [7, 11) is 0. The maximum absolute atomic E-state index is 14.9. The summed E-state index contributed by atoms with van der Waals surface area (Å²) in [5.74, 6) is -1.11. The number of carbonyl (C=O) groups excluding carboxylic acids is 1. The van der Waals surface area contributed by atoms with Gasteiger partial charge in [-0.25, -0.2) is 23.1 Å². The number of halogens is 3. The van der Waals surface area contributed by atoms with Crippen LogP contribution in [0.3, 0.4) is 0 Å². The molecule has 1 fully saturated rings. The Morgan fingerprint density at radius 2 is 1.94 bits per heavy atom. The molecule has 1 aliphatic rings. The van der Waals surface area contributed by atoms with Crippen LogP contribution in [0.25, 0.3) is 11.0 Å². The van der Waals surface area contributed by atoms with Crippen LogP contribution in [0.15, 0.2) is 35.3 Å². The Morgan fingerprint density at radius 3 is 2.61 bits per heavy atom. The van der Waals surface area contributed by atoms with Gasteiger partial charge in [-0.15, -0.1) is 0 Å². The molecule has 0 atom stereocenters. The fourth-order valence-electron chi connectivity index (χ4n) is 3.75. The third kappa shape index (κ3) is 5.14. The Morgan fingerprint density at radius 1 is 1.18 bits per heavy atom. The average Bonchev–Trinajstić information content (AvgIpc) is 2.81. The molecule has 33 heavy (non-hydrogen) atoms. The second kappa shape index (κ2) is 9.57. The molecule has 1 aromatic carbocycles. The number of aromatic nitrogens is 3. The lowest BCUT2D eigenvalue weighted by Gasteiger charge is -2.36. The van der Waals surface area contributed by atoms with Crippen molar-refractivity contribution in [2.24, 2.45) is 0 Å². The maximum Gasteiger partial charge on any atom is 0.270 e. The van der Waals surface area contributed by atoms with Crippen LogP contribution in [-0.4, -0.2) is 64.9 Å². The summed E-state index contributed by atoms with van der Waals surface area (Å²) < 4.78 is 39.4. The summed E-state index contributed by atoms with van der Waals surface area (Å²) >= 11 is 0. The minimum absolute atomic E-state index is 0.0764. The number of carbonyl (C=O) groups is 1. The van der Waals surface area contributed by atoms with Crippen molar-refractivity contribution in [3.63, 3.8) is 0 Å². The molecule has 0 radical (unpaired) electrons. The molecule has 1 saturated heterocycles. The lowest BCUT2D eigenvalue weighted by Crippen LogP contribution is -2.46. The molecule has 0 bridgehead atoms. The van der Waals surface area contributed by atoms with Gasteiger partial charge in [0.25, 0.3) is 17.9 Å². The highest BCUT2D eigenvalue weighted by molar-refractivity contribution is 5.92. The second-order valence-electron chi connectivity index (χ2n) is 7.85. The maximum atomic E-state index is 14.9. The number of aromatic amines is 1. The van der Waals surface area contributed by atoms with Crippen LogP contribution in [-0.2, 0) is 6.54 Å². The lowest BCUT2D eigenvalue weighted by molar-refractivity contribution is 0.0887. The largest absolute Gasteiger partial charge is 0.368 e. The van der Waals surface area contributed by atoms with Gasteiger partial charge in [0, 0.05) is 38.3 Å². The van der Waals surface area contributed by atoms with Crippen molar-refractivity contribution in [1.82, 2.24) is 25.2 Å². The Labute approximate surface area is 187 Å². The first-order valence-electron chi connectivity index (χ1n) is 10.5. The van der Waals surface area contributed by atoms with Crippen LogP contribution >= 0.6 is 0 Å². The Kier molecular flexibility index (Phi) is 6.59. The first-order valence-corrected chi connectivity index (χ1v) is 10.5. The topological polar surface area (TPSA) is 94.2 Å². The zero-order chi connectivity index (χ0) is 23.5. The number of alkyl halides is 2. The van der Waals surface area contributed by atoms with E-state index in [1.807, 2.05) is 0 Å². The number of hydrogen-bond donors (Lipinski definition) is 2. The number of piperazine rings is 1. The number of aryl methyl sites for hydroxylation is 1. The van der Waals surface area contributed by atoms with Gasteiger partial charge in [-0.05, 0) is 25.1 Å². The first kappa shape index (κ1) is 22.7. The summed E-state index contributed by atoms with van der Waals surface area (Å²) in [6.07, 6.45) is -1.07. The number of benzene rings is 1. The molecule has 0 saturated carbocycles. The normalized spacial score (nSPS) is 14.8. The highest BCUT2D eigenvalue weighted by atomic mass is 19.3. The van der Waals surface area contributed by atoms with E-state index in [0.29, 0.717) is 49.5 Å². The minimum Gasteiger partial charge on any atom is -0.368 e. The van der Waals surface area contributed by atoms with E-state index in [-0.39, 0.29) is 11.2 Å². The molecule has 1 aliphatic heterocycles. The summed E-state index contributed by atoms with van der Waals surface area (Å²) in [5.41, 5.74) is 1.80. The van der Waals surface area contributed by atoms with E-state index < -0.39 is 30.3 Å². The molecule has 3 heterocycles. The monoisotopic (exact) mass is 460 g/mol. The predicted octanol–water partition coefficient (Wildman–Crippen LogP) is 2.08. The summed E-state index contributed by atoms with van der Waals surface area (Å²) in [6.45, 7) is 3.96. The van der Waals surface area contributed by atoms with Crippen LogP contribution in [0, 0.1) is 12.7 Å². The predicted molar refractivity (Wildman–Crippen MR) is 117 cm³/mol. The minimum atomic E-state index is -2.62. The first-order chi connectivity index (χ1) is 15.8. The number of anilines is 1. The number of hydrogen-bond acceptors (Lipinski definition) is 6. The second-order valence-corrected chi connectivity index (χ2v) is 7.85. The van der Waals surface area contributed by atoms with Crippen LogP contribution < -0.4 is 15.8 Å². The summed E-state index contributed by atoms with van der Waals surface area (Å²) in [5, 5.41) is 2.12. The van der Waals surface area contributed by atoms with Gasteiger partial charge in [0.1, 0.15) is 16.9 Å². The average molecular weight is 460 g/mol. The lowest BCUT2D eigenvalue weighted by atomic mass is 10.1.